The van der Waals surface area contributed by atoms with E-state index in [0.717, 1.165) is 59.6 Å². The van der Waals surface area contributed by atoms with E-state index in [4.69, 9.17) is 9.97 Å². The van der Waals surface area contributed by atoms with Crippen LogP contribution < -0.4 is 10.6 Å². The molecule has 2 saturated heterocycles. The first-order valence-corrected chi connectivity index (χ1v) is 18.6. The number of hydrogen-bond acceptors (Lipinski definition) is 8. The summed E-state index contributed by atoms with van der Waals surface area (Å²) in [5.41, 5.74) is 0.869. The van der Waals surface area contributed by atoms with Gasteiger partial charge in [-0.1, -0.05) is 48.5 Å². The highest BCUT2D eigenvalue weighted by Gasteiger charge is 2.69. The molecule has 4 bridgehead atoms. The number of rotatable bonds is 5. The predicted molar refractivity (Wildman–Crippen MR) is 193 cm³/mol. The number of carbonyl (C=O) groups excluding carboxylic acids is 2. The van der Waals surface area contributed by atoms with Crippen LogP contribution in [0.1, 0.15) is 97.6 Å². The molecule has 0 radical (unpaired) electrons. The van der Waals surface area contributed by atoms with Gasteiger partial charge in [-0.3, -0.25) is 9.80 Å². The number of amides is 2. The first-order valence-electron chi connectivity index (χ1n) is 18.6. The Bertz CT molecular complexity index is 2180. The van der Waals surface area contributed by atoms with E-state index < -0.39 is 34.3 Å². The number of nitrogens with zero attached hydrogens (tertiary/aromatic N) is 4. The maximum atomic E-state index is 12.8. The number of H-pyrrole nitrogens is 2. The van der Waals surface area contributed by atoms with Crippen LogP contribution in [-0.4, -0.2) is 88.4 Å². The Balaban J connectivity index is 1.09. The third kappa shape index (κ3) is 3.87. The molecule has 2 aromatic heterocycles. The molecule has 6 heterocycles. The van der Waals surface area contributed by atoms with Crippen molar-refractivity contribution in [2.24, 2.45) is 0 Å². The second-order valence-electron chi connectivity index (χ2n) is 15.5. The lowest BCUT2D eigenvalue weighted by molar-refractivity contribution is 0.0137. The molecule has 14 nitrogen and oxygen atoms in total. The summed E-state index contributed by atoms with van der Waals surface area (Å²) in [6.45, 7) is 1.31. The molecule has 2 amide bonds. The van der Waals surface area contributed by atoms with Gasteiger partial charge in [0.05, 0.1) is 23.5 Å². The Kier molecular flexibility index (Phi) is 6.91. The summed E-state index contributed by atoms with van der Waals surface area (Å²) < 4.78 is 0. The van der Waals surface area contributed by atoms with Gasteiger partial charge < -0.3 is 30.8 Å². The summed E-state index contributed by atoms with van der Waals surface area (Å²) in [4.78, 5) is 71.5. The second-order valence-corrected chi connectivity index (χ2v) is 15.5. The number of nitrogens with one attached hydrogen (secondary N) is 4. The molecule has 10 rings (SSSR count). The van der Waals surface area contributed by atoms with Crippen molar-refractivity contribution >= 4 is 24.1 Å². The highest BCUT2D eigenvalue weighted by molar-refractivity contribution is 5.76. The lowest BCUT2D eigenvalue weighted by atomic mass is 9.66. The fraction of sp³-hybridized carbons (Fsp3) is 0.400. The van der Waals surface area contributed by atoms with Crippen molar-refractivity contribution in [3.63, 3.8) is 0 Å². The van der Waals surface area contributed by atoms with Crippen LogP contribution in [-0.2, 0) is 20.4 Å². The van der Waals surface area contributed by atoms with Crippen molar-refractivity contribution in [3.8, 4) is 11.1 Å². The zero-order chi connectivity index (χ0) is 37.0. The molecule has 2 aliphatic carbocycles. The average Bonchev–Trinajstić information content (AvgIpc) is 4.01. The normalized spacial score (nSPS) is 32.1. The Hall–Kier alpha value is -5.78. The smallest absolute Gasteiger partial charge is 0.406 e. The zero-order valence-electron chi connectivity index (χ0n) is 29.3. The van der Waals surface area contributed by atoms with Crippen molar-refractivity contribution in [2.75, 3.05) is 13.1 Å². The minimum absolute atomic E-state index is 0.118. The minimum atomic E-state index is -1.19. The SMILES string of the molecule is O=C=C1CC[C@]2(NC(=O)O)N3CCCC3c3ncc([nH]3)[C@]12c1ccc(-c2ccc([C@@]34C(=C=O)CC[C@]3(NC(=O)O)N3CCCC3c3ncc4[nH]3)cc2)cc1. The van der Waals surface area contributed by atoms with Gasteiger partial charge >= 0.3 is 12.2 Å². The standard InChI is InChI=1S/C40H38N8O6/c49-21-27-13-15-37(45-35(51)52)39(27,31-19-41-33(43-31)29-3-1-17-47(29)37)25-9-5-23(6-10-25)24-7-11-26(12-8-24)40-28(22-50)14-16-38(40,46-36(53)54)48-18-2-4-30(48)34-42-20-32(40)44-34/h5-12,19-20,29-30,45-46H,1-4,13-18H2,(H,41,43)(H,42,44)(H,51,52)(H,53,54)/t29?,30?,37-,38-,39-,40-/m0/s1. The number of hydrogen-bond donors (Lipinski definition) is 6. The van der Waals surface area contributed by atoms with Crippen LogP contribution in [0.2, 0.25) is 0 Å². The van der Waals surface area contributed by atoms with Crippen LogP contribution >= 0.6 is 0 Å². The van der Waals surface area contributed by atoms with Gasteiger partial charge in [-0.25, -0.2) is 29.1 Å². The molecule has 4 fully saturated rings. The van der Waals surface area contributed by atoms with E-state index >= 15 is 0 Å². The summed E-state index contributed by atoms with van der Waals surface area (Å²) in [7, 11) is 0. The molecule has 274 valence electrons. The van der Waals surface area contributed by atoms with Crippen LogP contribution in [0.5, 0.6) is 0 Å². The van der Waals surface area contributed by atoms with Gasteiger partial charge in [-0.05, 0) is 73.6 Å². The van der Waals surface area contributed by atoms with Crippen LogP contribution in [0, 0.1) is 0 Å². The Morgan fingerprint density at radius 2 is 1.09 bits per heavy atom. The highest BCUT2D eigenvalue weighted by atomic mass is 16.4. The van der Waals surface area contributed by atoms with E-state index in [-0.39, 0.29) is 12.1 Å². The minimum Gasteiger partial charge on any atom is -0.465 e. The topological polar surface area (TPSA) is 197 Å². The number of aromatic nitrogens is 4. The molecule has 6 N–H and O–H groups in total. The highest BCUT2D eigenvalue weighted by Crippen LogP contribution is 2.62. The van der Waals surface area contributed by atoms with Gasteiger partial charge in [0.25, 0.3) is 0 Å². The van der Waals surface area contributed by atoms with Crippen LogP contribution in [0.25, 0.3) is 11.1 Å². The predicted octanol–water partition coefficient (Wildman–Crippen LogP) is 4.70. The average molecular weight is 727 g/mol. The largest absolute Gasteiger partial charge is 0.465 e. The Labute approximate surface area is 309 Å². The first kappa shape index (κ1) is 32.8. The van der Waals surface area contributed by atoms with Gasteiger partial charge in [0.1, 0.15) is 45.7 Å². The number of benzene rings is 2. The maximum absolute atomic E-state index is 12.8. The van der Waals surface area contributed by atoms with Gasteiger partial charge in [-0.2, -0.15) is 0 Å². The summed E-state index contributed by atoms with van der Waals surface area (Å²) in [5.74, 6) is 5.99. The van der Waals surface area contributed by atoms with E-state index in [0.29, 0.717) is 61.3 Å². The molecule has 0 spiro atoms. The molecule has 14 heteroatoms. The van der Waals surface area contributed by atoms with Crippen molar-refractivity contribution in [3.05, 3.63) is 106 Å². The maximum Gasteiger partial charge on any atom is 0.406 e. The van der Waals surface area contributed by atoms with Gasteiger partial charge in [-0.15, -0.1) is 0 Å². The number of carboxylic acid groups (broad SMARTS) is 2. The number of imidazole rings is 2. The van der Waals surface area contributed by atoms with Crippen LogP contribution in [0.15, 0.2) is 72.1 Å². The molecular weight excluding hydrogens is 688 g/mol. The first-order chi connectivity index (χ1) is 26.2. The monoisotopic (exact) mass is 726 g/mol. The zero-order valence-corrected chi connectivity index (χ0v) is 29.3. The van der Waals surface area contributed by atoms with Crippen LogP contribution in [0.3, 0.4) is 0 Å². The van der Waals surface area contributed by atoms with E-state index in [1.807, 2.05) is 48.5 Å². The van der Waals surface area contributed by atoms with Gasteiger partial charge in [0.2, 0.25) is 0 Å². The lowest BCUT2D eigenvalue weighted by Crippen LogP contribution is -2.69. The molecule has 2 unspecified atom stereocenters. The fourth-order valence-corrected chi connectivity index (χ4v) is 11.8. The van der Waals surface area contributed by atoms with E-state index in [1.54, 1.807) is 12.4 Å². The molecule has 2 saturated carbocycles. The lowest BCUT2D eigenvalue weighted by Gasteiger charge is -2.51. The molecule has 54 heavy (non-hydrogen) atoms. The third-order valence-electron chi connectivity index (χ3n) is 13.6. The van der Waals surface area contributed by atoms with Crippen molar-refractivity contribution < 1.29 is 29.4 Å². The number of fused-ring (bicyclic) bond motifs is 14. The van der Waals surface area contributed by atoms with E-state index in [1.165, 1.54) is 0 Å². The van der Waals surface area contributed by atoms with Crippen LogP contribution in [0.4, 0.5) is 9.59 Å². The van der Waals surface area contributed by atoms with E-state index in [9.17, 15) is 29.4 Å². The molecule has 2 aromatic carbocycles. The summed E-state index contributed by atoms with van der Waals surface area (Å²) in [5, 5.41) is 26.4. The third-order valence-corrected chi connectivity index (χ3v) is 13.6. The molecular formula is C40H38N8O6. The van der Waals surface area contributed by atoms with Gasteiger partial charge in [0, 0.05) is 36.6 Å². The molecule has 6 aliphatic rings. The van der Waals surface area contributed by atoms with Crippen molar-refractivity contribution in [1.29, 1.82) is 0 Å². The van der Waals surface area contributed by atoms with E-state index in [2.05, 4.69) is 42.3 Å². The summed E-state index contributed by atoms with van der Waals surface area (Å²) in [6, 6.07) is 15.5. The Morgan fingerprint density at radius 1 is 0.685 bits per heavy atom. The fourth-order valence-electron chi connectivity index (χ4n) is 11.8. The molecule has 4 aliphatic heterocycles. The van der Waals surface area contributed by atoms with Gasteiger partial charge in [0.15, 0.2) is 0 Å². The quantitative estimate of drug-likeness (QED) is 0.157. The summed E-state index contributed by atoms with van der Waals surface area (Å²) >= 11 is 0. The van der Waals surface area contributed by atoms with Crippen molar-refractivity contribution in [2.45, 2.75) is 85.6 Å². The number of aromatic amines is 2. The second kappa shape index (κ2) is 11.4. The van der Waals surface area contributed by atoms with Crippen molar-refractivity contribution in [1.82, 2.24) is 40.4 Å². The summed E-state index contributed by atoms with van der Waals surface area (Å²) in [6.07, 6.45) is 6.09. The number of carbonyl (C=O) groups is 2. The molecule has 6 atom stereocenters. The Morgan fingerprint density at radius 3 is 1.46 bits per heavy atom. The molecule has 4 aromatic rings.